The van der Waals surface area contributed by atoms with Crippen LogP contribution in [-0.4, -0.2) is 5.91 Å². The van der Waals surface area contributed by atoms with Crippen molar-refractivity contribution in [1.29, 1.82) is 5.26 Å². The highest BCUT2D eigenvalue weighted by atomic mass is 16.2. The first-order valence-electron chi connectivity index (χ1n) is 7.94. The van der Waals surface area contributed by atoms with E-state index in [4.69, 9.17) is 5.26 Å². The molecule has 3 aromatic carbocycles. The van der Waals surface area contributed by atoms with Crippen LogP contribution in [0.4, 0.5) is 5.69 Å². The van der Waals surface area contributed by atoms with Gasteiger partial charge in [0.1, 0.15) is 0 Å². The van der Waals surface area contributed by atoms with Crippen molar-refractivity contribution in [1.82, 2.24) is 5.43 Å². The van der Waals surface area contributed by atoms with E-state index in [9.17, 15) is 4.79 Å². The number of amides is 1. The molecule has 1 amide bonds. The lowest BCUT2D eigenvalue weighted by Crippen LogP contribution is -2.42. The van der Waals surface area contributed by atoms with Gasteiger partial charge < -0.3 is 0 Å². The molecule has 0 radical (unpaired) electrons. The summed E-state index contributed by atoms with van der Waals surface area (Å²) < 4.78 is 0. The van der Waals surface area contributed by atoms with E-state index in [0.29, 0.717) is 17.7 Å². The van der Waals surface area contributed by atoms with Crippen molar-refractivity contribution in [3.05, 3.63) is 102 Å². The van der Waals surface area contributed by atoms with Gasteiger partial charge in [0.2, 0.25) is 0 Å². The zero-order chi connectivity index (χ0) is 17.5. The van der Waals surface area contributed by atoms with Gasteiger partial charge in [-0.3, -0.25) is 15.2 Å². The third-order valence-electron chi connectivity index (χ3n) is 3.76. The molecule has 0 bridgehead atoms. The Morgan fingerprint density at radius 1 is 0.880 bits per heavy atom. The summed E-state index contributed by atoms with van der Waals surface area (Å²) in [6, 6.07) is 28.3. The molecule has 3 aromatic rings. The summed E-state index contributed by atoms with van der Waals surface area (Å²) in [4.78, 5) is 12.6. The molecular weight excluding hydrogens is 310 g/mol. The number of carbonyl (C=O) groups excluding carboxylic acids is 1. The molecule has 0 fully saturated rings. The van der Waals surface area contributed by atoms with Crippen LogP contribution >= 0.6 is 0 Å². The molecule has 0 aliphatic carbocycles. The molecule has 0 unspecified atom stereocenters. The number of hydrazine groups is 1. The second-order valence-corrected chi connectivity index (χ2v) is 5.54. The monoisotopic (exact) mass is 327 g/mol. The van der Waals surface area contributed by atoms with Gasteiger partial charge in [0.05, 0.1) is 23.9 Å². The number of rotatable bonds is 5. The number of nitrogens with one attached hydrogen (secondary N) is 1. The molecule has 0 saturated heterocycles. The van der Waals surface area contributed by atoms with Gasteiger partial charge in [-0.05, 0) is 42.0 Å². The molecule has 3 rings (SSSR count). The Morgan fingerprint density at radius 3 is 2.08 bits per heavy atom. The largest absolute Gasteiger partial charge is 0.281 e. The number of para-hydroxylation sites is 1. The molecule has 4 nitrogen and oxygen atoms in total. The summed E-state index contributed by atoms with van der Waals surface area (Å²) >= 11 is 0. The molecule has 0 aliphatic rings. The summed E-state index contributed by atoms with van der Waals surface area (Å²) in [5.74, 6) is -0.218. The van der Waals surface area contributed by atoms with Gasteiger partial charge in [-0.1, -0.05) is 48.5 Å². The van der Waals surface area contributed by atoms with Crippen molar-refractivity contribution in [2.45, 2.75) is 6.54 Å². The summed E-state index contributed by atoms with van der Waals surface area (Å²) in [6.45, 7) is 0.548. The van der Waals surface area contributed by atoms with Crippen LogP contribution in [0.5, 0.6) is 0 Å². The molecule has 0 heterocycles. The summed E-state index contributed by atoms with van der Waals surface area (Å²) in [5.41, 5.74) is 5.97. The van der Waals surface area contributed by atoms with Crippen molar-refractivity contribution in [2.75, 3.05) is 5.01 Å². The van der Waals surface area contributed by atoms with Crippen molar-refractivity contribution in [2.24, 2.45) is 0 Å². The van der Waals surface area contributed by atoms with E-state index >= 15 is 0 Å². The van der Waals surface area contributed by atoms with Gasteiger partial charge in [-0.25, -0.2) is 0 Å². The highest BCUT2D eigenvalue weighted by Gasteiger charge is 2.12. The first-order chi connectivity index (χ1) is 12.3. The van der Waals surface area contributed by atoms with Gasteiger partial charge in [-0.15, -0.1) is 0 Å². The van der Waals surface area contributed by atoms with E-state index in [2.05, 4.69) is 11.5 Å². The highest BCUT2D eigenvalue weighted by molar-refractivity contribution is 5.95. The van der Waals surface area contributed by atoms with Crippen LogP contribution in [0.3, 0.4) is 0 Å². The fourth-order valence-electron chi connectivity index (χ4n) is 2.45. The number of nitriles is 1. The van der Waals surface area contributed by atoms with Gasteiger partial charge >= 0.3 is 0 Å². The van der Waals surface area contributed by atoms with Crippen LogP contribution in [0.15, 0.2) is 84.9 Å². The maximum absolute atomic E-state index is 12.6. The van der Waals surface area contributed by atoms with Crippen LogP contribution in [-0.2, 0) is 6.54 Å². The minimum Gasteiger partial charge on any atom is -0.281 e. The fraction of sp³-hybridized carbons (Fsp3) is 0.0476. The SMILES string of the molecule is N#Cc1ccc(C(=O)NN(Cc2ccccc2)c2ccccc2)cc1. The Morgan fingerprint density at radius 2 is 1.48 bits per heavy atom. The van der Waals surface area contributed by atoms with Crippen LogP contribution in [0.2, 0.25) is 0 Å². The normalized spacial score (nSPS) is 9.88. The molecule has 0 spiro atoms. The average molecular weight is 327 g/mol. The standard InChI is InChI=1S/C21H17N3O/c22-15-17-11-13-19(14-12-17)21(25)23-24(20-9-5-2-6-10-20)16-18-7-3-1-4-8-18/h1-14H,16H2,(H,23,25). The second-order valence-electron chi connectivity index (χ2n) is 5.54. The third kappa shape index (κ3) is 4.24. The highest BCUT2D eigenvalue weighted by Crippen LogP contribution is 2.15. The van der Waals surface area contributed by atoms with E-state index in [-0.39, 0.29) is 5.91 Å². The topological polar surface area (TPSA) is 56.1 Å². The number of nitrogens with zero attached hydrogens (tertiary/aromatic N) is 2. The maximum atomic E-state index is 12.6. The smallest absolute Gasteiger partial charge is 0.269 e. The average Bonchev–Trinajstić information content (AvgIpc) is 2.69. The summed E-state index contributed by atoms with van der Waals surface area (Å²) in [5, 5.41) is 10.7. The molecule has 0 saturated carbocycles. The number of hydrogen-bond acceptors (Lipinski definition) is 3. The Kier molecular flexibility index (Phi) is 5.08. The first-order valence-corrected chi connectivity index (χ1v) is 7.94. The Labute approximate surface area is 146 Å². The molecular formula is C21H17N3O. The predicted octanol–water partition coefficient (Wildman–Crippen LogP) is 3.91. The molecule has 25 heavy (non-hydrogen) atoms. The molecule has 4 heteroatoms. The van der Waals surface area contributed by atoms with Crippen LogP contribution in [0.1, 0.15) is 21.5 Å². The quantitative estimate of drug-likeness (QED) is 0.723. The number of anilines is 1. The van der Waals surface area contributed by atoms with Gasteiger partial charge in [-0.2, -0.15) is 5.26 Å². The van der Waals surface area contributed by atoms with Crippen LogP contribution in [0, 0.1) is 11.3 Å². The fourth-order valence-corrected chi connectivity index (χ4v) is 2.45. The molecule has 1 N–H and O–H groups in total. The number of carbonyl (C=O) groups is 1. The second kappa shape index (κ2) is 7.80. The zero-order valence-corrected chi connectivity index (χ0v) is 13.6. The first kappa shape index (κ1) is 16.3. The van der Waals surface area contributed by atoms with Crippen molar-refractivity contribution in [3.63, 3.8) is 0 Å². The molecule has 0 aromatic heterocycles. The van der Waals surface area contributed by atoms with E-state index in [0.717, 1.165) is 11.3 Å². The van der Waals surface area contributed by atoms with Crippen molar-refractivity contribution >= 4 is 11.6 Å². The van der Waals surface area contributed by atoms with E-state index in [1.54, 1.807) is 24.3 Å². The minimum absolute atomic E-state index is 0.218. The molecule has 122 valence electrons. The Balaban J connectivity index is 1.81. The molecule has 0 aliphatic heterocycles. The molecule has 0 atom stereocenters. The predicted molar refractivity (Wildman–Crippen MR) is 97.7 cm³/mol. The number of benzene rings is 3. The number of hydrogen-bond donors (Lipinski definition) is 1. The van der Waals surface area contributed by atoms with Gasteiger partial charge in [0, 0.05) is 5.56 Å². The minimum atomic E-state index is -0.218. The van der Waals surface area contributed by atoms with Gasteiger partial charge in [0.15, 0.2) is 0 Å². The van der Waals surface area contributed by atoms with E-state index in [1.165, 1.54) is 0 Å². The zero-order valence-electron chi connectivity index (χ0n) is 13.6. The Bertz CT molecular complexity index is 869. The van der Waals surface area contributed by atoms with Crippen LogP contribution < -0.4 is 10.4 Å². The lowest BCUT2D eigenvalue weighted by atomic mass is 10.1. The van der Waals surface area contributed by atoms with Crippen molar-refractivity contribution in [3.8, 4) is 6.07 Å². The summed E-state index contributed by atoms with van der Waals surface area (Å²) in [7, 11) is 0. The van der Waals surface area contributed by atoms with Gasteiger partial charge in [0.25, 0.3) is 5.91 Å². The van der Waals surface area contributed by atoms with E-state index in [1.807, 2.05) is 65.7 Å². The van der Waals surface area contributed by atoms with E-state index < -0.39 is 0 Å². The van der Waals surface area contributed by atoms with Crippen LogP contribution in [0.25, 0.3) is 0 Å². The maximum Gasteiger partial charge on any atom is 0.269 e. The lowest BCUT2D eigenvalue weighted by Gasteiger charge is -2.25. The lowest BCUT2D eigenvalue weighted by molar-refractivity contribution is 0.0948. The third-order valence-corrected chi connectivity index (χ3v) is 3.76. The van der Waals surface area contributed by atoms with Crippen molar-refractivity contribution < 1.29 is 4.79 Å². The Hall–Kier alpha value is -3.58. The summed E-state index contributed by atoms with van der Waals surface area (Å²) in [6.07, 6.45) is 0.